The predicted molar refractivity (Wildman–Crippen MR) is 83.9 cm³/mol. The molecule has 1 saturated carbocycles. The maximum atomic E-state index is 12.4. The van der Waals surface area contributed by atoms with Gasteiger partial charge in [-0.1, -0.05) is 39.3 Å². The fourth-order valence-electron chi connectivity index (χ4n) is 3.30. The topological polar surface area (TPSA) is 63.6 Å². The van der Waals surface area contributed by atoms with Gasteiger partial charge >= 0.3 is 11.9 Å². The third kappa shape index (κ3) is 3.67. The van der Waals surface area contributed by atoms with E-state index in [1.54, 1.807) is 12.1 Å². The molecule has 2 rings (SSSR count). The molecule has 1 aliphatic carbocycles. The van der Waals surface area contributed by atoms with Gasteiger partial charge in [-0.15, -0.1) is 0 Å². The number of carboxylic acids is 1. The molecule has 1 aliphatic rings. The molecule has 0 aliphatic heterocycles. The summed E-state index contributed by atoms with van der Waals surface area (Å²) in [4.78, 5) is 23.7. The number of aromatic carboxylic acids is 1. The van der Waals surface area contributed by atoms with Crippen LogP contribution in [0.3, 0.4) is 0 Å². The first-order chi connectivity index (χ1) is 10.4. The van der Waals surface area contributed by atoms with Crippen molar-refractivity contribution >= 4 is 11.9 Å². The number of carboxylic acid groups (broad SMARTS) is 1. The highest BCUT2D eigenvalue weighted by atomic mass is 16.5. The molecule has 0 amide bonds. The van der Waals surface area contributed by atoms with Crippen LogP contribution in [0.1, 0.15) is 60.7 Å². The van der Waals surface area contributed by atoms with E-state index in [1.807, 2.05) is 0 Å². The second-order valence-corrected chi connectivity index (χ2v) is 6.62. The summed E-state index contributed by atoms with van der Waals surface area (Å²) in [7, 11) is 0. The highest BCUT2D eigenvalue weighted by Crippen LogP contribution is 2.35. The summed E-state index contributed by atoms with van der Waals surface area (Å²) in [6, 6.07) is 6.22. The lowest BCUT2D eigenvalue weighted by molar-refractivity contribution is -0.0176. The quantitative estimate of drug-likeness (QED) is 0.854. The van der Waals surface area contributed by atoms with Crippen LogP contribution in [-0.2, 0) is 4.74 Å². The number of carbonyl (C=O) groups is 2. The van der Waals surface area contributed by atoms with Crippen molar-refractivity contribution < 1.29 is 19.4 Å². The van der Waals surface area contributed by atoms with Crippen molar-refractivity contribution in [2.45, 2.75) is 46.1 Å². The SMILES string of the molecule is CC(C)[C@H]1CC[C@@H](C)C[C@H]1OC(=O)c1ccccc1C(=O)O. The fraction of sp³-hybridized carbons (Fsp3) is 0.556. The average Bonchev–Trinajstić information content (AvgIpc) is 2.46. The van der Waals surface area contributed by atoms with Crippen molar-refractivity contribution in [3.8, 4) is 0 Å². The normalized spacial score (nSPS) is 25.0. The molecule has 0 bridgehead atoms. The Morgan fingerprint density at radius 3 is 2.41 bits per heavy atom. The van der Waals surface area contributed by atoms with E-state index in [9.17, 15) is 14.7 Å². The molecule has 0 spiro atoms. The summed E-state index contributed by atoms with van der Waals surface area (Å²) < 4.78 is 5.71. The van der Waals surface area contributed by atoms with E-state index >= 15 is 0 Å². The van der Waals surface area contributed by atoms with Crippen molar-refractivity contribution in [1.82, 2.24) is 0 Å². The number of hydrogen-bond acceptors (Lipinski definition) is 3. The van der Waals surface area contributed by atoms with E-state index in [0.717, 1.165) is 19.3 Å². The predicted octanol–water partition coefficient (Wildman–Crippen LogP) is 4.00. The number of benzene rings is 1. The molecule has 0 saturated heterocycles. The van der Waals surface area contributed by atoms with E-state index in [4.69, 9.17) is 4.74 Å². The van der Waals surface area contributed by atoms with Crippen LogP contribution in [0.25, 0.3) is 0 Å². The van der Waals surface area contributed by atoms with Crippen LogP contribution in [0.4, 0.5) is 0 Å². The van der Waals surface area contributed by atoms with Crippen LogP contribution >= 0.6 is 0 Å². The molecule has 0 heterocycles. The third-order valence-corrected chi connectivity index (χ3v) is 4.60. The minimum absolute atomic E-state index is 0.00236. The average molecular weight is 304 g/mol. The molecule has 4 heteroatoms. The van der Waals surface area contributed by atoms with Gasteiger partial charge in [0, 0.05) is 0 Å². The maximum absolute atomic E-state index is 12.4. The molecular weight excluding hydrogens is 280 g/mol. The minimum atomic E-state index is -1.11. The highest BCUT2D eigenvalue weighted by molar-refractivity contribution is 6.02. The summed E-state index contributed by atoms with van der Waals surface area (Å²) in [6.07, 6.45) is 2.93. The Bertz CT molecular complexity index is 550. The number of hydrogen-bond donors (Lipinski definition) is 1. The zero-order valence-electron chi connectivity index (χ0n) is 13.4. The van der Waals surface area contributed by atoms with E-state index in [0.29, 0.717) is 17.8 Å². The van der Waals surface area contributed by atoms with Crippen LogP contribution in [-0.4, -0.2) is 23.1 Å². The molecule has 4 nitrogen and oxygen atoms in total. The van der Waals surface area contributed by atoms with Crippen LogP contribution in [0.5, 0.6) is 0 Å². The lowest BCUT2D eigenvalue weighted by atomic mass is 9.75. The molecule has 120 valence electrons. The summed E-state index contributed by atoms with van der Waals surface area (Å²) in [5.41, 5.74) is 0.133. The number of esters is 1. The first kappa shape index (κ1) is 16.5. The highest BCUT2D eigenvalue weighted by Gasteiger charge is 2.34. The van der Waals surface area contributed by atoms with Gasteiger partial charge in [0.15, 0.2) is 0 Å². The first-order valence-corrected chi connectivity index (χ1v) is 7.93. The minimum Gasteiger partial charge on any atom is -0.478 e. The summed E-state index contributed by atoms with van der Waals surface area (Å²) in [5, 5.41) is 9.19. The van der Waals surface area contributed by atoms with Gasteiger partial charge in [-0.25, -0.2) is 9.59 Å². The van der Waals surface area contributed by atoms with Crippen molar-refractivity contribution in [2.75, 3.05) is 0 Å². The Kier molecular flexibility index (Phi) is 5.22. The number of rotatable bonds is 4. The summed E-state index contributed by atoms with van der Waals surface area (Å²) in [5.74, 6) is -0.313. The van der Waals surface area contributed by atoms with Crippen molar-refractivity contribution in [3.63, 3.8) is 0 Å². The van der Waals surface area contributed by atoms with E-state index in [2.05, 4.69) is 20.8 Å². The van der Waals surface area contributed by atoms with Crippen molar-refractivity contribution in [1.29, 1.82) is 0 Å². The third-order valence-electron chi connectivity index (χ3n) is 4.60. The largest absolute Gasteiger partial charge is 0.478 e. The molecule has 0 radical (unpaired) electrons. The zero-order valence-corrected chi connectivity index (χ0v) is 13.4. The maximum Gasteiger partial charge on any atom is 0.339 e. The fourth-order valence-corrected chi connectivity index (χ4v) is 3.30. The second-order valence-electron chi connectivity index (χ2n) is 6.62. The van der Waals surface area contributed by atoms with Gasteiger partial charge in [0.2, 0.25) is 0 Å². The van der Waals surface area contributed by atoms with Crippen LogP contribution < -0.4 is 0 Å². The van der Waals surface area contributed by atoms with Crippen molar-refractivity contribution in [2.24, 2.45) is 17.8 Å². The van der Waals surface area contributed by atoms with E-state index in [1.165, 1.54) is 12.1 Å². The van der Waals surface area contributed by atoms with Crippen molar-refractivity contribution in [3.05, 3.63) is 35.4 Å². The van der Waals surface area contributed by atoms with Crippen LogP contribution in [0.15, 0.2) is 24.3 Å². The molecule has 3 atom stereocenters. The Balaban J connectivity index is 2.18. The zero-order chi connectivity index (χ0) is 16.3. The first-order valence-electron chi connectivity index (χ1n) is 7.93. The van der Waals surface area contributed by atoms with Crippen LogP contribution in [0, 0.1) is 17.8 Å². The lowest BCUT2D eigenvalue weighted by Crippen LogP contribution is -2.36. The van der Waals surface area contributed by atoms with Gasteiger partial charge < -0.3 is 9.84 Å². The van der Waals surface area contributed by atoms with Gasteiger partial charge in [0.05, 0.1) is 11.1 Å². The van der Waals surface area contributed by atoms with E-state index < -0.39 is 11.9 Å². The molecule has 1 N–H and O–H groups in total. The Hall–Kier alpha value is -1.84. The van der Waals surface area contributed by atoms with Gasteiger partial charge in [0.25, 0.3) is 0 Å². The molecule has 0 aromatic heterocycles. The Morgan fingerprint density at radius 2 is 1.82 bits per heavy atom. The lowest BCUT2D eigenvalue weighted by Gasteiger charge is -2.36. The Morgan fingerprint density at radius 1 is 1.18 bits per heavy atom. The Labute approximate surface area is 131 Å². The van der Waals surface area contributed by atoms with Gasteiger partial charge in [-0.2, -0.15) is 0 Å². The molecular formula is C18H24O4. The second kappa shape index (κ2) is 6.95. The number of ether oxygens (including phenoxy) is 1. The molecule has 1 aromatic rings. The van der Waals surface area contributed by atoms with Gasteiger partial charge in [-0.3, -0.25) is 0 Å². The standard InChI is InChI=1S/C18H24O4/c1-11(2)13-9-8-12(3)10-16(13)22-18(21)15-7-5-4-6-14(15)17(19)20/h4-7,11-13,16H,8-10H2,1-3H3,(H,19,20)/t12-,13-,16-/m1/s1. The number of carbonyl (C=O) groups excluding carboxylic acids is 1. The van der Waals surface area contributed by atoms with Gasteiger partial charge in [0.1, 0.15) is 6.10 Å². The molecule has 1 fully saturated rings. The smallest absolute Gasteiger partial charge is 0.339 e. The summed E-state index contributed by atoms with van der Waals surface area (Å²) >= 11 is 0. The molecule has 1 aromatic carbocycles. The van der Waals surface area contributed by atoms with Gasteiger partial charge in [-0.05, 0) is 42.7 Å². The van der Waals surface area contributed by atoms with E-state index in [-0.39, 0.29) is 17.2 Å². The monoisotopic (exact) mass is 304 g/mol. The van der Waals surface area contributed by atoms with Crippen LogP contribution in [0.2, 0.25) is 0 Å². The summed E-state index contributed by atoms with van der Waals surface area (Å²) in [6.45, 7) is 6.46. The molecule has 0 unspecified atom stereocenters. The molecule has 22 heavy (non-hydrogen) atoms.